The Morgan fingerprint density at radius 2 is 0.594 bits per heavy atom. The Bertz CT molecular complexity index is 1150. The maximum absolute atomic E-state index is 2.70. The highest BCUT2D eigenvalue weighted by Crippen LogP contribution is 2.56. The molecule has 0 amide bonds. The fourth-order valence-corrected chi connectivity index (χ4v) is 18.5. The summed E-state index contributed by atoms with van der Waals surface area (Å²) in [5, 5.41) is 0. The van der Waals surface area contributed by atoms with Gasteiger partial charge in [0, 0.05) is 11.1 Å². The van der Waals surface area contributed by atoms with E-state index in [0.717, 1.165) is 0 Å². The molecule has 0 aromatic heterocycles. The zero-order valence-corrected chi connectivity index (χ0v) is 21.4. The molecule has 0 bridgehead atoms. The van der Waals surface area contributed by atoms with Crippen LogP contribution in [0.2, 0.25) is 26.2 Å². The molecule has 0 fully saturated rings. The van der Waals surface area contributed by atoms with E-state index in [1.165, 1.54) is 22.3 Å². The van der Waals surface area contributed by atoms with Crippen molar-refractivity contribution in [3.63, 3.8) is 0 Å². The molecule has 6 rings (SSSR count). The van der Waals surface area contributed by atoms with E-state index in [1.807, 2.05) is 0 Å². The summed E-state index contributed by atoms with van der Waals surface area (Å²) in [6, 6.07) is 36.8. The second-order valence-electron chi connectivity index (χ2n) is 10.7. The van der Waals surface area contributed by atoms with E-state index in [9.17, 15) is 0 Å². The van der Waals surface area contributed by atoms with Gasteiger partial charge >= 0.3 is 0 Å². The van der Waals surface area contributed by atoms with E-state index in [-0.39, 0.29) is 0 Å². The van der Waals surface area contributed by atoms with E-state index < -0.39 is 15.2 Å². The first-order valence-corrected chi connectivity index (χ1v) is 18.9. The van der Waals surface area contributed by atoms with Crippen molar-refractivity contribution in [3.8, 4) is 22.3 Å². The third kappa shape index (κ3) is 2.54. The lowest BCUT2D eigenvalue weighted by Gasteiger charge is -2.47. The molecule has 0 saturated carbocycles. The first-order chi connectivity index (χ1) is 15.4. The van der Waals surface area contributed by atoms with Crippen LogP contribution in [0.25, 0.3) is 22.3 Å². The summed E-state index contributed by atoms with van der Waals surface area (Å²) in [6.07, 6.45) is 0. The molecule has 0 unspecified atom stereocenters. The minimum absolute atomic E-state index is 0.566. The summed E-state index contributed by atoms with van der Waals surface area (Å²) in [5.74, 6) is 0. The number of hydrogen-bond donors (Lipinski definition) is 0. The van der Waals surface area contributed by atoms with Crippen LogP contribution in [0.3, 0.4) is 0 Å². The Morgan fingerprint density at radius 3 is 0.844 bits per heavy atom. The Balaban J connectivity index is 1.56. The van der Waals surface area contributed by atoms with E-state index in [2.05, 4.69) is 123 Å². The minimum atomic E-state index is -1.76. The zero-order chi connectivity index (χ0) is 22.1. The molecule has 0 aliphatic heterocycles. The lowest BCUT2D eigenvalue weighted by Crippen LogP contribution is -2.62. The molecular weight excluding hydrogens is 417 g/mol. The largest absolute Gasteiger partial charge is 0.0705 e. The normalized spacial score (nSPS) is 15.2. The Morgan fingerprint density at radius 1 is 0.375 bits per heavy atom. The number of fused-ring (bicyclic) bond motifs is 6. The van der Waals surface area contributed by atoms with Gasteiger partial charge in [0.05, 0.1) is 15.2 Å². The van der Waals surface area contributed by atoms with Crippen LogP contribution in [0, 0.1) is 0 Å². The highest BCUT2D eigenvalue weighted by Gasteiger charge is 2.55. The molecule has 0 nitrogen and oxygen atoms in total. The summed E-state index contributed by atoms with van der Waals surface area (Å²) < 4.78 is 0. The van der Waals surface area contributed by atoms with Crippen molar-refractivity contribution in [3.05, 3.63) is 119 Å². The van der Waals surface area contributed by atoms with Crippen molar-refractivity contribution >= 4 is 15.2 Å². The minimum Gasteiger partial charge on any atom is -0.0705 e. The van der Waals surface area contributed by atoms with Crippen molar-refractivity contribution in [2.24, 2.45) is 0 Å². The quantitative estimate of drug-likeness (QED) is 0.278. The Kier molecular flexibility index (Phi) is 4.31. The molecule has 0 heterocycles. The van der Waals surface area contributed by atoms with Gasteiger partial charge in [-0.15, -0.1) is 0 Å². The van der Waals surface area contributed by atoms with Gasteiger partial charge in [0.2, 0.25) is 0 Å². The van der Waals surface area contributed by atoms with E-state index in [0.29, 0.717) is 11.1 Å². The summed E-state index contributed by atoms with van der Waals surface area (Å²) in [5.41, 5.74) is 13.3. The maximum Gasteiger partial charge on any atom is 0.0556 e. The van der Waals surface area contributed by atoms with Gasteiger partial charge in [-0.2, -0.15) is 0 Å². The van der Waals surface area contributed by atoms with E-state index >= 15 is 0 Å². The molecule has 158 valence electrons. The molecule has 0 N–H and O–H groups in total. The standard InChI is InChI=1S/C30H30Si2/c1-31(2,29-25-17-9-5-13-21(25)22-14-6-10-18-26(22)29)32(3,4)30-27-19-11-7-15-23(27)24-16-8-12-20-28(24)30/h5-20,29-30H,1-4H3. The van der Waals surface area contributed by atoms with Gasteiger partial charge < -0.3 is 0 Å². The Labute approximate surface area is 193 Å². The van der Waals surface area contributed by atoms with Crippen LogP contribution in [0.15, 0.2) is 97.1 Å². The van der Waals surface area contributed by atoms with E-state index in [1.54, 1.807) is 22.3 Å². The van der Waals surface area contributed by atoms with Crippen molar-refractivity contribution in [1.82, 2.24) is 0 Å². The molecule has 4 aromatic rings. The summed E-state index contributed by atoms with van der Waals surface area (Å²) in [4.78, 5) is 0. The first kappa shape index (κ1) is 20.0. The van der Waals surface area contributed by atoms with Gasteiger partial charge in [0.15, 0.2) is 0 Å². The molecule has 0 saturated heterocycles. The number of benzene rings is 4. The highest BCUT2D eigenvalue weighted by atomic mass is 29.3. The molecular formula is C30H30Si2. The Hall–Kier alpha value is -2.69. The molecule has 2 aliphatic rings. The number of rotatable bonds is 3. The van der Waals surface area contributed by atoms with Gasteiger partial charge in [-0.25, -0.2) is 0 Å². The molecule has 2 aliphatic carbocycles. The monoisotopic (exact) mass is 446 g/mol. The summed E-state index contributed by atoms with van der Waals surface area (Å²) in [7, 11) is -3.53. The second-order valence-corrected chi connectivity index (χ2v) is 26.4. The highest BCUT2D eigenvalue weighted by molar-refractivity contribution is 7.42. The van der Waals surface area contributed by atoms with Crippen LogP contribution in [0.4, 0.5) is 0 Å². The summed E-state index contributed by atoms with van der Waals surface area (Å²) in [6.45, 7) is 10.8. The molecule has 2 heteroatoms. The van der Waals surface area contributed by atoms with Crippen LogP contribution in [0.1, 0.15) is 33.3 Å². The van der Waals surface area contributed by atoms with Crippen LogP contribution in [-0.4, -0.2) is 15.2 Å². The topological polar surface area (TPSA) is 0 Å². The lowest BCUT2D eigenvalue weighted by atomic mass is 10.1. The number of hydrogen-bond acceptors (Lipinski definition) is 0. The van der Waals surface area contributed by atoms with Crippen molar-refractivity contribution in [1.29, 1.82) is 0 Å². The van der Waals surface area contributed by atoms with Gasteiger partial charge in [0.1, 0.15) is 0 Å². The smallest absolute Gasteiger partial charge is 0.0556 e. The maximum atomic E-state index is 2.70. The van der Waals surface area contributed by atoms with Crippen LogP contribution in [0.5, 0.6) is 0 Å². The first-order valence-electron chi connectivity index (χ1n) is 11.8. The second kappa shape index (κ2) is 6.90. The average molecular weight is 447 g/mol. The van der Waals surface area contributed by atoms with Crippen molar-refractivity contribution < 1.29 is 0 Å². The van der Waals surface area contributed by atoms with Gasteiger partial charge in [-0.05, 0) is 44.5 Å². The third-order valence-electron chi connectivity index (χ3n) is 8.77. The summed E-state index contributed by atoms with van der Waals surface area (Å²) >= 11 is 0. The fourth-order valence-electron chi connectivity index (χ4n) is 6.61. The van der Waals surface area contributed by atoms with Crippen LogP contribution < -0.4 is 0 Å². The predicted octanol–water partition coefficient (Wildman–Crippen LogP) is 8.19. The third-order valence-corrected chi connectivity index (χ3v) is 27.9. The fraction of sp³-hybridized carbons (Fsp3) is 0.200. The average Bonchev–Trinajstić information content (AvgIpc) is 3.33. The lowest BCUT2D eigenvalue weighted by molar-refractivity contribution is 1.09. The van der Waals surface area contributed by atoms with Gasteiger partial charge in [0.25, 0.3) is 0 Å². The van der Waals surface area contributed by atoms with Gasteiger partial charge in [-0.3, -0.25) is 0 Å². The molecule has 0 radical (unpaired) electrons. The zero-order valence-electron chi connectivity index (χ0n) is 19.4. The van der Waals surface area contributed by atoms with Crippen LogP contribution in [-0.2, 0) is 0 Å². The predicted molar refractivity (Wildman–Crippen MR) is 142 cm³/mol. The van der Waals surface area contributed by atoms with Gasteiger partial charge in [-0.1, -0.05) is 123 Å². The van der Waals surface area contributed by atoms with Crippen molar-refractivity contribution in [2.75, 3.05) is 0 Å². The van der Waals surface area contributed by atoms with E-state index in [4.69, 9.17) is 0 Å². The van der Waals surface area contributed by atoms with Crippen molar-refractivity contribution in [2.45, 2.75) is 37.3 Å². The molecule has 0 spiro atoms. The van der Waals surface area contributed by atoms with Crippen LogP contribution >= 0.6 is 0 Å². The molecule has 0 atom stereocenters. The molecule has 32 heavy (non-hydrogen) atoms. The SMILES string of the molecule is C[Si](C)(C1c2ccccc2-c2ccccc21)[Si](C)(C)C1c2ccccc2-c2ccccc21. The molecule has 4 aromatic carbocycles.